The molecule has 26 heavy (non-hydrogen) atoms. The molecule has 0 amide bonds. The highest BCUT2D eigenvalue weighted by Gasteiger charge is 2.22. The number of piperidine rings is 1. The number of ether oxygens (including phenoxy) is 1. The van der Waals surface area contributed by atoms with Crippen LogP contribution in [0.5, 0.6) is 5.75 Å². The maximum atomic E-state index is 12.5. The number of halogens is 2. The van der Waals surface area contributed by atoms with Crippen molar-refractivity contribution >= 4 is 0 Å². The Kier molecular flexibility index (Phi) is 5.91. The van der Waals surface area contributed by atoms with E-state index in [4.69, 9.17) is 0 Å². The monoisotopic (exact) mass is 363 g/mol. The average Bonchev–Trinajstić information content (AvgIpc) is 2.96. The van der Waals surface area contributed by atoms with Gasteiger partial charge in [0.1, 0.15) is 11.6 Å². The molecule has 1 aliphatic heterocycles. The van der Waals surface area contributed by atoms with Crippen molar-refractivity contribution in [1.82, 2.24) is 14.5 Å². The molecule has 0 spiro atoms. The number of aryl methyl sites for hydroxylation is 3. The highest BCUT2D eigenvalue weighted by molar-refractivity contribution is 5.43. The van der Waals surface area contributed by atoms with E-state index in [0.717, 1.165) is 48.6 Å². The van der Waals surface area contributed by atoms with Crippen LogP contribution in [-0.2, 0) is 20.0 Å². The van der Waals surface area contributed by atoms with Gasteiger partial charge in [0, 0.05) is 39.0 Å². The fraction of sp³-hybridized carbons (Fsp3) is 0.550. The van der Waals surface area contributed by atoms with Gasteiger partial charge in [0.15, 0.2) is 0 Å². The van der Waals surface area contributed by atoms with E-state index in [1.54, 1.807) is 0 Å². The van der Waals surface area contributed by atoms with Crippen molar-refractivity contribution in [2.75, 3.05) is 13.1 Å². The van der Waals surface area contributed by atoms with Crippen LogP contribution in [0.4, 0.5) is 8.78 Å². The number of likely N-dealkylation sites (tertiary alicyclic amines) is 1. The Morgan fingerprint density at radius 2 is 2.00 bits per heavy atom. The quantitative estimate of drug-likeness (QED) is 0.774. The second-order valence-electron chi connectivity index (χ2n) is 7.34. The minimum atomic E-state index is -2.78. The number of nitrogens with zero attached hydrogens (tertiary/aromatic N) is 3. The highest BCUT2D eigenvalue weighted by atomic mass is 19.3. The van der Waals surface area contributed by atoms with Crippen molar-refractivity contribution in [2.24, 2.45) is 13.0 Å². The van der Waals surface area contributed by atoms with Crippen molar-refractivity contribution in [3.05, 3.63) is 47.0 Å². The molecule has 0 unspecified atom stereocenters. The molecule has 3 rings (SSSR count). The minimum Gasteiger partial charge on any atom is -0.434 e. The Morgan fingerprint density at radius 3 is 2.62 bits per heavy atom. The zero-order valence-electron chi connectivity index (χ0n) is 15.7. The van der Waals surface area contributed by atoms with Crippen molar-refractivity contribution in [1.29, 1.82) is 0 Å². The van der Waals surface area contributed by atoms with E-state index in [-0.39, 0.29) is 0 Å². The number of hydrogen-bond acceptors (Lipinski definition) is 3. The van der Waals surface area contributed by atoms with Gasteiger partial charge >= 0.3 is 6.61 Å². The molecule has 1 fully saturated rings. The molecule has 1 saturated heterocycles. The first-order valence-corrected chi connectivity index (χ1v) is 9.16. The second kappa shape index (κ2) is 8.16. The lowest BCUT2D eigenvalue weighted by Gasteiger charge is -2.33. The molecule has 1 atom stereocenters. The van der Waals surface area contributed by atoms with E-state index in [9.17, 15) is 8.78 Å². The summed E-state index contributed by atoms with van der Waals surface area (Å²) in [4.78, 5) is 6.90. The first-order valence-electron chi connectivity index (χ1n) is 9.16. The molecule has 0 N–H and O–H groups in total. The molecule has 4 nitrogen and oxygen atoms in total. The van der Waals surface area contributed by atoms with Gasteiger partial charge in [-0.25, -0.2) is 4.98 Å². The lowest BCUT2D eigenvalue weighted by molar-refractivity contribution is -0.0507. The van der Waals surface area contributed by atoms with Crippen molar-refractivity contribution in [2.45, 2.75) is 46.3 Å². The fourth-order valence-electron chi connectivity index (χ4n) is 3.98. The molecule has 142 valence electrons. The second-order valence-corrected chi connectivity index (χ2v) is 7.34. The maximum Gasteiger partial charge on any atom is 0.387 e. The van der Waals surface area contributed by atoms with Crippen LogP contribution in [0.25, 0.3) is 0 Å². The number of benzene rings is 1. The number of alkyl halides is 2. The fourth-order valence-corrected chi connectivity index (χ4v) is 3.98. The summed E-state index contributed by atoms with van der Waals surface area (Å²) in [5, 5.41) is 0. The summed E-state index contributed by atoms with van der Waals surface area (Å²) in [6, 6.07) is 3.93. The molecule has 0 bridgehead atoms. The van der Waals surface area contributed by atoms with Gasteiger partial charge in [0.2, 0.25) is 0 Å². The van der Waals surface area contributed by atoms with Crippen LogP contribution in [0.3, 0.4) is 0 Å². The third kappa shape index (κ3) is 4.61. The van der Waals surface area contributed by atoms with Crippen LogP contribution >= 0.6 is 0 Å². The zero-order valence-corrected chi connectivity index (χ0v) is 15.7. The van der Waals surface area contributed by atoms with Crippen LogP contribution in [-0.4, -0.2) is 34.2 Å². The first-order chi connectivity index (χ1) is 12.4. The smallest absolute Gasteiger partial charge is 0.387 e. The number of rotatable bonds is 6. The topological polar surface area (TPSA) is 30.3 Å². The summed E-state index contributed by atoms with van der Waals surface area (Å²) >= 11 is 0. The van der Waals surface area contributed by atoms with Crippen LogP contribution in [0.15, 0.2) is 24.5 Å². The van der Waals surface area contributed by atoms with Crippen molar-refractivity contribution in [3.8, 4) is 5.75 Å². The molecule has 0 radical (unpaired) electrons. The molecule has 2 heterocycles. The summed E-state index contributed by atoms with van der Waals surface area (Å²) in [5.74, 6) is 2.04. The van der Waals surface area contributed by atoms with Gasteiger partial charge < -0.3 is 9.30 Å². The maximum absolute atomic E-state index is 12.5. The van der Waals surface area contributed by atoms with E-state index in [2.05, 4.69) is 19.2 Å². The van der Waals surface area contributed by atoms with Gasteiger partial charge in [-0.1, -0.05) is 12.1 Å². The van der Waals surface area contributed by atoms with E-state index < -0.39 is 6.61 Å². The number of hydrogen-bond donors (Lipinski definition) is 0. The minimum absolute atomic E-state index is 0.301. The van der Waals surface area contributed by atoms with Gasteiger partial charge in [-0.15, -0.1) is 0 Å². The van der Waals surface area contributed by atoms with Gasteiger partial charge in [0.25, 0.3) is 0 Å². The van der Waals surface area contributed by atoms with Crippen LogP contribution < -0.4 is 4.74 Å². The Hall–Kier alpha value is -1.95. The van der Waals surface area contributed by atoms with Gasteiger partial charge in [-0.3, -0.25) is 4.90 Å². The first kappa shape index (κ1) is 18.8. The van der Waals surface area contributed by atoms with Crippen LogP contribution in [0, 0.1) is 19.8 Å². The van der Waals surface area contributed by atoms with E-state index in [1.165, 1.54) is 12.8 Å². The molecule has 1 aromatic carbocycles. The van der Waals surface area contributed by atoms with E-state index in [0.29, 0.717) is 11.7 Å². The van der Waals surface area contributed by atoms with Gasteiger partial charge in [-0.05, 0) is 55.8 Å². The van der Waals surface area contributed by atoms with E-state index >= 15 is 0 Å². The Labute approximate surface area is 153 Å². The predicted molar refractivity (Wildman–Crippen MR) is 97.5 cm³/mol. The lowest BCUT2D eigenvalue weighted by atomic mass is 9.94. The van der Waals surface area contributed by atoms with Gasteiger partial charge in [0.05, 0.1) is 0 Å². The third-order valence-corrected chi connectivity index (χ3v) is 5.13. The van der Waals surface area contributed by atoms with Crippen molar-refractivity contribution in [3.63, 3.8) is 0 Å². The van der Waals surface area contributed by atoms with Gasteiger partial charge in [-0.2, -0.15) is 8.78 Å². The standard InChI is InChI=1S/C20H27F2N3O/c1-14-9-17(10-15(2)19(14)26-20(21)22)13-25-7-4-5-16(12-25)11-18-23-6-8-24(18)3/h6,8-10,16,20H,4-5,7,11-13H2,1-3H3/t16-/m1/s1. The number of imidazole rings is 1. The third-order valence-electron chi connectivity index (χ3n) is 5.13. The highest BCUT2D eigenvalue weighted by Crippen LogP contribution is 2.28. The molecule has 0 saturated carbocycles. The summed E-state index contributed by atoms with van der Waals surface area (Å²) in [6.07, 6.45) is 7.25. The summed E-state index contributed by atoms with van der Waals surface area (Å²) < 4.78 is 31.8. The van der Waals surface area contributed by atoms with Crippen molar-refractivity contribution < 1.29 is 13.5 Å². The molecular formula is C20H27F2N3O. The molecule has 2 aromatic rings. The molecule has 1 aromatic heterocycles. The summed E-state index contributed by atoms with van der Waals surface area (Å²) in [7, 11) is 2.04. The van der Waals surface area contributed by atoms with Crippen LogP contribution in [0.2, 0.25) is 0 Å². The summed E-state index contributed by atoms with van der Waals surface area (Å²) in [5.41, 5.74) is 2.68. The Morgan fingerprint density at radius 1 is 1.27 bits per heavy atom. The zero-order chi connectivity index (χ0) is 18.7. The Balaban J connectivity index is 1.64. The number of aromatic nitrogens is 2. The molecule has 1 aliphatic rings. The normalized spacial score (nSPS) is 18.5. The Bertz CT molecular complexity index is 721. The largest absolute Gasteiger partial charge is 0.434 e. The lowest BCUT2D eigenvalue weighted by Crippen LogP contribution is -2.36. The molecule has 0 aliphatic carbocycles. The summed E-state index contributed by atoms with van der Waals surface area (Å²) in [6.45, 7) is 3.83. The average molecular weight is 363 g/mol. The predicted octanol–water partition coefficient (Wildman–Crippen LogP) is 4.09. The SMILES string of the molecule is Cc1cc(CN2CCC[C@H](Cc3nccn3C)C2)cc(C)c1OC(F)F. The van der Waals surface area contributed by atoms with E-state index in [1.807, 2.05) is 45.4 Å². The van der Waals surface area contributed by atoms with Crippen LogP contribution in [0.1, 0.15) is 35.4 Å². The molecule has 6 heteroatoms. The molecular weight excluding hydrogens is 336 g/mol.